The van der Waals surface area contributed by atoms with E-state index < -0.39 is 0 Å². The number of fused-ring (bicyclic) bond motifs is 1. The zero-order valence-corrected chi connectivity index (χ0v) is 11.6. The second-order valence-corrected chi connectivity index (χ2v) is 5.95. The summed E-state index contributed by atoms with van der Waals surface area (Å²) in [5, 5.41) is 2.99. The number of carbonyl (C=O) groups excluding carboxylic acids is 1. The van der Waals surface area contributed by atoms with E-state index in [0.717, 1.165) is 35.5 Å². The summed E-state index contributed by atoms with van der Waals surface area (Å²) in [6.07, 6.45) is 2.15. The number of rotatable bonds is 3. The van der Waals surface area contributed by atoms with Crippen LogP contribution in [0.15, 0.2) is 28.7 Å². The first-order valence-corrected chi connectivity index (χ1v) is 6.94. The van der Waals surface area contributed by atoms with Crippen molar-refractivity contribution >= 4 is 11.6 Å². The van der Waals surface area contributed by atoms with Crippen molar-refractivity contribution in [3.05, 3.63) is 35.7 Å². The molecule has 2 aliphatic carbocycles. The highest BCUT2D eigenvalue weighted by Gasteiger charge is 2.74. The topological polar surface area (TPSA) is 55.1 Å². The fourth-order valence-electron chi connectivity index (χ4n) is 2.62. The lowest BCUT2D eigenvalue weighted by Crippen LogP contribution is -2.17. The second kappa shape index (κ2) is 3.72. The Hall–Kier alpha value is -2.10. The Morgan fingerprint density at radius 2 is 1.95 bits per heavy atom. The molecule has 20 heavy (non-hydrogen) atoms. The Kier molecular flexibility index (Phi) is 2.18. The molecule has 0 bridgehead atoms. The monoisotopic (exact) mass is 268 g/mol. The van der Waals surface area contributed by atoms with E-state index in [1.165, 1.54) is 0 Å². The van der Waals surface area contributed by atoms with Gasteiger partial charge in [-0.1, -0.05) is 0 Å². The molecule has 1 heterocycles. The summed E-state index contributed by atoms with van der Waals surface area (Å²) in [4.78, 5) is 16.4. The van der Waals surface area contributed by atoms with Crippen LogP contribution in [0.2, 0.25) is 0 Å². The summed E-state index contributed by atoms with van der Waals surface area (Å²) >= 11 is 0. The van der Waals surface area contributed by atoms with Gasteiger partial charge in [-0.25, -0.2) is 4.98 Å². The fraction of sp³-hybridized carbons (Fsp3) is 0.375. The Labute approximate surface area is 117 Å². The van der Waals surface area contributed by atoms with Gasteiger partial charge in [0.1, 0.15) is 5.76 Å². The molecule has 0 atom stereocenters. The van der Waals surface area contributed by atoms with E-state index in [1.807, 2.05) is 38.1 Å². The molecule has 0 spiro atoms. The van der Waals surface area contributed by atoms with Crippen molar-refractivity contribution in [2.24, 2.45) is 11.3 Å². The first-order valence-electron chi connectivity index (χ1n) is 6.94. The highest BCUT2D eigenvalue weighted by Crippen LogP contribution is 2.75. The third kappa shape index (κ3) is 1.68. The molecule has 1 amide bonds. The lowest BCUT2D eigenvalue weighted by atomic mass is 10.1. The fourth-order valence-corrected chi connectivity index (χ4v) is 2.62. The number of oxazole rings is 1. The number of aryl methyl sites for hydroxylation is 2. The summed E-state index contributed by atoms with van der Waals surface area (Å²) in [5.74, 6) is 2.31. The van der Waals surface area contributed by atoms with Crippen molar-refractivity contribution in [1.82, 2.24) is 4.98 Å². The molecular formula is C16H16N2O2. The van der Waals surface area contributed by atoms with Crippen LogP contribution in [0.4, 0.5) is 5.69 Å². The minimum Gasteiger partial charge on any atom is -0.441 e. The Bertz CT molecular complexity index is 674. The van der Waals surface area contributed by atoms with Crippen molar-refractivity contribution in [2.45, 2.75) is 26.7 Å². The molecule has 2 fully saturated rings. The lowest BCUT2D eigenvalue weighted by Gasteiger charge is -2.07. The molecule has 2 saturated carbocycles. The van der Waals surface area contributed by atoms with Gasteiger partial charge in [0, 0.05) is 11.3 Å². The van der Waals surface area contributed by atoms with E-state index in [4.69, 9.17) is 4.42 Å². The Morgan fingerprint density at radius 3 is 2.45 bits per heavy atom. The zero-order valence-electron chi connectivity index (χ0n) is 11.6. The van der Waals surface area contributed by atoms with Gasteiger partial charge in [-0.2, -0.15) is 0 Å². The van der Waals surface area contributed by atoms with Crippen LogP contribution in [-0.2, 0) is 4.79 Å². The van der Waals surface area contributed by atoms with E-state index in [1.54, 1.807) is 0 Å². The van der Waals surface area contributed by atoms with Crippen molar-refractivity contribution < 1.29 is 9.21 Å². The number of carbonyl (C=O) groups is 1. The maximum absolute atomic E-state index is 12.0. The van der Waals surface area contributed by atoms with Crippen molar-refractivity contribution in [1.29, 1.82) is 0 Å². The summed E-state index contributed by atoms with van der Waals surface area (Å²) in [5.41, 5.74) is 2.68. The largest absolute Gasteiger partial charge is 0.441 e. The van der Waals surface area contributed by atoms with Crippen LogP contribution in [0.3, 0.4) is 0 Å². The summed E-state index contributed by atoms with van der Waals surface area (Å²) in [6, 6.07) is 7.65. The molecule has 4 nitrogen and oxygen atoms in total. The van der Waals surface area contributed by atoms with Gasteiger partial charge < -0.3 is 9.73 Å². The molecule has 1 aromatic carbocycles. The average Bonchev–Trinajstić information content (AvgIpc) is 3.25. The molecule has 2 aliphatic rings. The average molecular weight is 268 g/mol. The molecule has 4 rings (SSSR count). The van der Waals surface area contributed by atoms with Gasteiger partial charge in [0.15, 0.2) is 0 Å². The number of nitrogens with one attached hydrogen (secondary N) is 1. The number of nitrogens with zero attached hydrogens (tertiary/aromatic N) is 1. The predicted molar refractivity (Wildman–Crippen MR) is 75.2 cm³/mol. The quantitative estimate of drug-likeness (QED) is 0.929. The number of amides is 1. The molecule has 0 aliphatic heterocycles. The Balaban J connectivity index is 1.52. The normalized spacial score (nSPS) is 26.0. The molecule has 0 unspecified atom stereocenters. The van der Waals surface area contributed by atoms with Crippen LogP contribution >= 0.6 is 0 Å². The van der Waals surface area contributed by atoms with Crippen molar-refractivity contribution in [2.75, 3.05) is 5.32 Å². The van der Waals surface area contributed by atoms with E-state index in [-0.39, 0.29) is 11.3 Å². The van der Waals surface area contributed by atoms with Gasteiger partial charge in [0.2, 0.25) is 11.8 Å². The molecule has 0 saturated heterocycles. The predicted octanol–water partition coefficient (Wildman–Crippen LogP) is 3.31. The van der Waals surface area contributed by atoms with Crippen LogP contribution in [-0.4, -0.2) is 10.9 Å². The van der Waals surface area contributed by atoms with Gasteiger partial charge in [-0.15, -0.1) is 0 Å². The Morgan fingerprint density at radius 1 is 1.30 bits per heavy atom. The van der Waals surface area contributed by atoms with Crippen LogP contribution in [0.25, 0.3) is 11.5 Å². The molecule has 1 aromatic heterocycles. The first-order chi connectivity index (χ1) is 9.58. The first kappa shape index (κ1) is 11.7. The molecular weight excluding hydrogens is 252 g/mol. The van der Waals surface area contributed by atoms with Gasteiger partial charge in [-0.05, 0) is 56.9 Å². The van der Waals surface area contributed by atoms with Gasteiger partial charge >= 0.3 is 0 Å². The summed E-state index contributed by atoms with van der Waals surface area (Å²) in [6.45, 7) is 3.83. The van der Waals surface area contributed by atoms with Crippen molar-refractivity contribution in [3.8, 4) is 11.5 Å². The van der Waals surface area contributed by atoms with Gasteiger partial charge in [0.25, 0.3) is 0 Å². The van der Waals surface area contributed by atoms with Gasteiger partial charge in [0.05, 0.1) is 11.1 Å². The summed E-state index contributed by atoms with van der Waals surface area (Å²) in [7, 11) is 0. The van der Waals surface area contributed by atoms with Crippen LogP contribution in [0.1, 0.15) is 24.3 Å². The molecule has 2 aromatic rings. The number of aromatic nitrogens is 1. The van der Waals surface area contributed by atoms with Crippen molar-refractivity contribution in [3.63, 3.8) is 0 Å². The third-order valence-electron chi connectivity index (χ3n) is 4.55. The van der Waals surface area contributed by atoms with E-state index >= 15 is 0 Å². The molecule has 102 valence electrons. The molecule has 1 N–H and O–H groups in total. The zero-order chi connectivity index (χ0) is 13.9. The highest BCUT2D eigenvalue weighted by atomic mass is 16.4. The van der Waals surface area contributed by atoms with Gasteiger partial charge in [-0.3, -0.25) is 4.79 Å². The third-order valence-corrected chi connectivity index (χ3v) is 4.55. The highest BCUT2D eigenvalue weighted by molar-refractivity contribution is 6.00. The number of benzene rings is 1. The smallest absolute Gasteiger partial charge is 0.230 e. The van der Waals surface area contributed by atoms with Crippen LogP contribution < -0.4 is 5.32 Å². The van der Waals surface area contributed by atoms with Crippen LogP contribution in [0, 0.1) is 25.2 Å². The minimum atomic E-state index is 0.00939. The standard InChI is InChI=1S/C16H16N2O2/c1-9-10(2)20-14(17-9)11-3-5-13(6-4-11)18-15(19)16-7-12(16)8-16/h3-6,12H,7-8H2,1-2H3,(H,18,19). The lowest BCUT2D eigenvalue weighted by molar-refractivity contribution is -0.119. The SMILES string of the molecule is Cc1nc(-c2ccc(NC(=O)C34CC3C4)cc2)oc1C. The van der Waals surface area contributed by atoms with Crippen LogP contribution in [0.5, 0.6) is 0 Å². The van der Waals surface area contributed by atoms with E-state index in [0.29, 0.717) is 11.8 Å². The van der Waals surface area contributed by atoms with E-state index in [9.17, 15) is 4.79 Å². The number of hydrogen-bond donors (Lipinski definition) is 1. The maximum Gasteiger partial charge on any atom is 0.230 e. The second-order valence-electron chi connectivity index (χ2n) is 5.95. The minimum absolute atomic E-state index is 0.00939. The summed E-state index contributed by atoms with van der Waals surface area (Å²) < 4.78 is 5.59. The number of anilines is 1. The maximum atomic E-state index is 12.0. The number of hydrogen-bond acceptors (Lipinski definition) is 3. The molecule has 4 heteroatoms. The molecule has 0 radical (unpaired) electrons. The van der Waals surface area contributed by atoms with E-state index in [2.05, 4.69) is 10.3 Å².